The fourth-order valence-electron chi connectivity index (χ4n) is 3.08. The van der Waals surface area contributed by atoms with Gasteiger partial charge in [0.2, 0.25) is 0 Å². The molecule has 0 radical (unpaired) electrons. The summed E-state index contributed by atoms with van der Waals surface area (Å²) in [6.07, 6.45) is 3.98. The van der Waals surface area contributed by atoms with Crippen LogP contribution in [0, 0.1) is 6.92 Å². The number of amides is 2. The number of methoxy groups -OCH3 is 1. The highest BCUT2D eigenvalue weighted by atomic mass is 32.2. The van der Waals surface area contributed by atoms with E-state index >= 15 is 0 Å². The second-order valence-corrected chi connectivity index (χ2v) is 7.83. The van der Waals surface area contributed by atoms with E-state index in [0.29, 0.717) is 5.75 Å². The van der Waals surface area contributed by atoms with Gasteiger partial charge in [0.1, 0.15) is 5.75 Å². The monoisotopic (exact) mass is 338 g/mol. The molecule has 6 heteroatoms. The SMILES string of the molecule is CC[S@@](=O)[C@H]1CCCC[C@@H]1NC(=O)Nc1ccc(OC)c(C)c1. The van der Waals surface area contributed by atoms with E-state index in [1.807, 2.05) is 32.0 Å². The average Bonchev–Trinajstić information content (AvgIpc) is 2.54. The van der Waals surface area contributed by atoms with Gasteiger partial charge >= 0.3 is 6.03 Å². The zero-order chi connectivity index (χ0) is 16.8. The molecule has 1 aliphatic carbocycles. The molecule has 0 spiro atoms. The van der Waals surface area contributed by atoms with Crippen LogP contribution in [0.2, 0.25) is 0 Å². The van der Waals surface area contributed by atoms with Gasteiger partial charge in [-0.25, -0.2) is 4.79 Å². The number of hydrogen-bond donors (Lipinski definition) is 2. The van der Waals surface area contributed by atoms with E-state index in [-0.39, 0.29) is 17.3 Å². The van der Waals surface area contributed by atoms with Crippen molar-refractivity contribution in [3.05, 3.63) is 23.8 Å². The molecule has 2 amide bonds. The third-order valence-corrected chi connectivity index (χ3v) is 6.10. The number of aryl methyl sites for hydroxylation is 1. The minimum absolute atomic E-state index is 0.0103. The van der Waals surface area contributed by atoms with Crippen molar-refractivity contribution in [3.63, 3.8) is 0 Å². The number of carbonyl (C=O) groups is 1. The Bertz CT molecular complexity index is 577. The molecule has 128 valence electrons. The van der Waals surface area contributed by atoms with Crippen LogP contribution in [0.3, 0.4) is 0 Å². The normalized spacial score (nSPS) is 22.2. The van der Waals surface area contributed by atoms with Gasteiger partial charge < -0.3 is 15.4 Å². The summed E-state index contributed by atoms with van der Waals surface area (Å²) in [6.45, 7) is 3.87. The van der Waals surface area contributed by atoms with Crippen LogP contribution in [0.15, 0.2) is 18.2 Å². The highest BCUT2D eigenvalue weighted by Crippen LogP contribution is 2.24. The molecule has 5 nitrogen and oxygen atoms in total. The molecular weight excluding hydrogens is 312 g/mol. The van der Waals surface area contributed by atoms with E-state index in [4.69, 9.17) is 4.74 Å². The van der Waals surface area contributed by atoms with Crippen molar-refractivity contribution in [1.29, 1.82) is 0 Å². The maximum absolute atomic E-state index is 12.3. The fourth-order valence-corrected chi connectivity index (χ4v) is 4.51. The van der Waals surface area contributed by atoms with Gasteiger partial charge in [-0.2, -0.15) is 0 Å². The lowest BCUT2D eigenvalue weighted by Gasteiger charge is -2.31. The lowest BCUT2D eigenvalue weighted by molar-refractivity contribution is 0.244. The Kier molecular flexibility index (Phi) is 6.45. The van der Waals surface area contributed by atoms with Gasteiger partial charge in [0.25, 0.3) is 0 Å². The quantitative estimate of drug-likeness (QED) is 0.866. The van der Waals surface area contributed by atoms with Crippen LogP contribution < -0.4 is 15.4 Å². The summed E-state index contributed by atoms with van der Waals surface area (Å²) in [5.41, 5.74) is 1.69. The largest absolute Gasteiger partial charge is 0.496 e. The summed E-state index contributed by atoms with van der Waals surface area (Å²) in [5.74, 6) is 1.43. The molecule has 1 aromatic carbocycles. The van der Waals surface area contributed by atoms with Crippen LogP contribution in [0.4, 0.5) is 10.5 Å². The van der Waals surface area contributed by atoms with Gasteiger partial charge in [0.15, 0.2) is 0 Å². The van der Waals surface area contributed by atoms with Crippen molar-refractivity contribution in [2.24, 2.45) is 0 Å². The Hall–Kier alpha value is -1.56. The zero-order valence-corrected chi connectivity index (χ0v) is 14.9. The van der Waals surface area contributed by atoms with Gasteiger partial charge in [0.05, 0.1) is 12.4 Å². The molecule has 0 unspecified atom stereocenters. The highest BCUT2D eigenvalue weighted by Gasteiger charge is 2.30. The van der Waals surface area contributed by atoms with Crippen LogP contribution in [0.1, 0.15) is 38.2 Å². The molecule has 3 atom stereocenters. The minimum atomic E-state index is -0.873. The average molecular weight is 338 g/mol. The molecule has 0 bridgehead atoms. The first-order chi connectivity index (χ1) is 11.0. The number of rotatable bonds is 5. The Morgan fingerprint density at radius 1 is 1.35 bits per heavy atom. The van der Waals surface area contributed by atoms with Crippen LogP contribution in [-0.2, 0) is 10.8 Å². The molecule has 0 aromatic heterocycles. The summed E-state index contributed by atoms with van der Waals surface area (Å²) >= 11 is 0. The maximum atomic E-state index is 12.3. The van der Waals surface area contributed by atoms with Crippen molar-refractivity contribution in [2.45, 2.75) is 50.8 Å². The number of nitrogens with one attached hydrogen (secondary N) is 2. The molecule has 1 fully saturated rings. The molecule has 1 aliphatic rings. The van der Waals surface area contributed by atoms with Crippen molar-refractivity contribution >= 4 is 22.5 Å². The molecule has 1 aromatic rings. The summed E-state index contributed by atoms with van der Waals surface area (Å²) in [7, 11) is 0.751. The first kappa shape index (κ1) is 17.8. The smallest absolute Gasteiger partial charge is 0.319 e. The van der Waals surface area contributed by atoms with E-state index in [1.165, 1.54) is 0 Å². The zero-order valence-electron chi connectivity index (χ0n) is 14.1. The third kappa shape index (κ3) is 4.70. The van der Waals surface area contributed by atoms with Crippen molar-refractivity contribution in [3.8, 4) is 5.75 Å². The van der Waals surface area contributed by atoms with E-state index in [9.17, 15) is 9.00 Å². The van der Waals surface area contributed by atoms with Gasteiger partial charge in [-0.15, -0.1) is 0 Å². The second-order valence-electron chi connectivity index (χ2n) is 5.88. The van der Waals surface area contributed by atoms with E-state index in [0.717, 1.165) is 42.7 Å². The third-order valence-electron chi connectivity index (χ3n) is 4.29. The fraction of sp³-hybridized carbons (Fsp3) is 0.588. The van der Waals surface area contributed by atoms with Gasteiger partial charge in [-0.3, -0.25) is 4.21 Å². The number of anilines is 1. The lowest BCUT2D eigenvalue weighted by Crippen LogP contribution is -2.48. The summed E-state index contributed by atoms with van der Waals surface area (Å²) < 4.78 is 17.4. The van der Waals surface area contributed by atoms with Crippen LogP contribution in [0.5, 0.6) is 5.75 Å². The molecule has 0 heterocycles. The molecule has 0 aliphatic heterocycles. The molecule has 23 heavy (non-hydrogen) atoms. The van der Waals surface area contributed by atoms with Crippen LogP contribution in [0.25, 0.3) is 0 Å². The van der Waals surface area contributed by atoms with E-state index in [2.05, 4.69) is 10.6 Å². The molecule has 1 saturated carbocycles. The Morgan fingerprint density at radius 2 is 2.09 bits per heavy atom. The number of hydrogen-bond acceptors (Lipinski definition) is 3. The predicted octanol–water partition coefficient (Wildman–Crippen LogP) is 3.20. The van der Waals surface area contributed by atoms with Gasteiger partial charge in [-0.05, 0) is 43.5 Å². The molecule has 0 saturated heterocycles. The molecular formula is C17H26N2O3S. The summed E-state index contributed by atoms with van der Waals surface area (Å²) in [5, 5.41) is 5.93. The van der Waals surface area contributed by atoms with Gasteiger partial charge in [0, 0.05) is 28.3 Å². The van der Waals surface area contributed by atoms with Crippen molar-refractivity contribution < 1.29 is 13.7 Å². The summed E-state index contributed by atoms with van der Waals surface area (Å²) in [4.78, 5) is 12.3. The first-order valence-corrected chi connectivity index (χ1v) is 9.52. The Labute approximate surface area is 140 Å². The van der Waals surface area contributed by atoms with Crippen LogP contribution >= 0.6 is 0 Å². The highest BCUT2D eigenvalue weighted by molar-refractivity contribution is 7.85. The van der Waals surface area contributed by atoms with E-state index in [1.54, 1.807) is 7.11 Å². The van der Waals surface area contributed by atoms with Crippen molar-refractivity contribution in [1.82, 2.24) is 5.32 Å². The lowest BCUT2D eigenvalue weighted by atomic mass is 9.95. The number of ether oxygens (including phenoxy) is 1. The Morgan fingerprint density at radius 3 is 2.74 bits per heavy atom. The molecule has 2 rings (SSSR count). The molecule has 2 N–H and O–H groups in total. The van der Waals surface area contributed by atoms with Crippen molar-refractivity contribution in [2.75, 3.05) is 18.2 Å². The van der Waals surface area contributed by atoms with Gasteiger partial charge in [-0.1, -0.05) is 19.8 Å². The van der Waals surface area contributed by atoms with E-state index < -0.39 is 10.8 Å². The topological polar surface area (TPSA) is 67.4 Å². The summed E-state index contributed by atoms with van der Waals surface area (Å²) in [6, 6.07) is 5.28. The standard InChI is InChI=1S/C17H26N2O3S/c1-4-23(21)16-8-6-5-7-14(16)19-17(20)18-13-9-10-15(22-3)12(2)11-13/h9-11,14,16H,4-8H2,1-3H3,(H2,18,19,20)/t14-,16-,23+/m0/s1. The first-order valence-electron chi connectivity index (χ1n) is 8.14. The number of carbonyl (C=O) groups excluding carboxylic acids is 1. The maximum Gasteiger partial charge on any atom is 0.319 e. The Balaban J connectivity index is 1.97. The second kappa shape index (κ2) is 8.34. The number of urea groups is 1. The van der Waals surface area contributed by atoms with Crippen LogP contribution in [-0.4, -0.2) is 34.4 Å². The minimum Gasteiger partial charge on any atom is -0.496 e. The number of benzene rings is 1. The predicted molar refractivity (Wildman–Crippen MR) is 94.6 cm³/mol.